The first kappa shape index (κ1) is 14.9. The summed E-state index contributed by atoms with van der Waals surface area (Å²) in [4.78, 5) is 21.7. The van der Waals surface area contributed by atoms with Crippen LogP contribution in [0.4, 0.5) is 0 Å². The molecule has 0 bridgehead atoms. The maximum Gasteiger partial charge on any atom is 0.219 e. The van der Waals surface area contributed by atoms with Gasteiger partial charge in [-0.1, -0.05) is 0 Å². The Labute approximate surface area is 91.1 Å². The van der Waals surface area contributed by atoms with E-state index in [0.29, 0.717) is 0 Å². The first-order chi connectivity index (χ1) is 7.31. The normalized spacial score (nSPS) is 18.4. The van der Waals surface area contributed by atoms with Crippen LogP contribution in [0.15, 0.2) is 0 Å². The summed E-state index contributed by atoms with van der Waals surface area (Å²) in [6.45, 7) is 0.184. The molecule has 0 aromatic rings. The number of nitrogens with one attached hydrogen (secondary N) is 1. The number of Topliss-reactive ketones (excluding diaryl/α,β-unsaturated/α-hetero) is 1. The Bertz CT molecular complexity index is 257. The third-order valence-electron chi connectivity index (χ3n) is 1.81. The second kappa shape index (κ2) is 6.51. The lowest BCUT2D eigenvalue weighted by Gasteiger charge is -2.22. The molecular formula is C8H15NO7. The van der Waals surface area contributed by atoms with Crippen molar-refractivity contribution in [1.82, 2.24) is 5.32 Å². The van der Waals surface area contributed by atoms with Gasteiger partial charge in [-0.25, -0.2) is 0 Å². The summed E-state index contributed by atoms with van der Waals surface area (Å²) in [5.74, 6) is -1.99. The molecule has 0 fully saturated rings. The Morgan fingerprint density at radius 3 is 2.06 bits per heavy atom. The number of carbonyl (C=O) groups is 2. The summed E-state index contributed by atoms with van der Waals surface area (Å²) in [5, 5.41) is 46.6. The van der Waals surface area contributed by atoms with E-state index < -0.39 is 42.8 Å². The zero-order valence-corrected chi connectivity index (χ0v) is 8.57. The molecule has 1 amide bonds. The van der Waals surface area contributed by atoms with E-state index in [4.69, 9.17) is 20.4 Å². The number of ketones is 1. The molecular weight excluding hydrogens is 222 g/mol. The van der Waals surface area contributed by atoms with Gasteiger partial charge in [-0.05, 0) is 0 Å². The second-order valence-corrected chi connectivity index (χ2v) is 3.19. The molecule has 94 valence electrons. The van der Waals surface area contributed by atoms with Gasteiger partial charge in [0.05, 0.1) is 6.61 Å². The van der Waals surface area contributed by atoms with Crippen molar-refractivity contribution in [1.29, 1.82) is 0 Å². The maximum absolute atomic E-state index is 11.2. The lowest BCUT2D eigenvalue weighted by atomic mass is 10.0. The Morgan fingerprint density at radius 2 is 1.69 bits per heavy atom. The third kappa shape index (κ3) is 4.21. The van der Waals surface area contributed by atoms with Gasteiger partial charge < -0.3 is 30.8 Å². The van der Waals surface area contributed by atoms with E-state index in [2.05, 4.69) is 0 Å². The van der Waals surface area contributed by atoms with E-state index in [1.54, 1.807) is 5.32 Å². The topological polar surface area (TPSA) is 147 Å². The highest BCUT2D eigenvalue weighted by Gasteiger charge is 2.33. The minimum absolute atomic E-state index is 0.703. The van der Waals surface area contributed by atoms with E-state index in [1.807, 2.05) is 0 Å². The smallest absolute Gasteiger partial charge is 0.219 e. The fraction of sp³-hybridized carbons (Fsp3) is 0.750. The van der Waals surface area contributed by atoms with Crippen LogP contribution in [0, 0.1) is 0 Å². The van der Waals surface area contributed by atoms with E-state index in [0.717, 1.165) is 6.92 Å². The monoisotopic (exact) mass is 237 g/mol. The highest BCUT2D eigenvalue weighted by molar-refractivity contribution is 5.90. The highest BCUT2D eigenvalue weighted by atomic mass is 16.4. The fourth-order valence-corrected chi connectivity index (χ4v) is 0.912. The molecule has 4 atom stereocenters. The predicted octanol–water partition coefficient (Wildman–Crippen LogP) is -3.91. The van der Waals surface area contributed by atoms with E-state index >= 15 is 0 Å². The van der Waals surface area contributed by atoms with Crippen LogP contribution in [0.25, 0.3) is 0 Å². The summed E-state index contributed by atoms with van der Waals surface area (Å²) < 4.78 is 0. The van der Waals surface area contributed by atoms with Crippen molar-refractivity contribution in [2.75, 3.05) is 6.61 Å². The molecule has 0 aliphatic carbocycles. The number of carbonyl (C=O) groups excluding carboxylic acids is 2. The minimum Gasteiger partial charge on any atom is -0.394 e. The van der Waals surface area contributed by atoms with Crippen molar-refractivity contribution in [2.24, 2.45) is 0 Å². The molecule has 0 aromatic carbocycles. The van der Waals surface area contributed by atoms with Crippen LogP contribution in [0.2, 0.25) is 0 Å². The van der Waals surface area contributed by atoms with Gasteiger partial charge in [-0.3, -0.25) is 9.59 Å². The van der Waals surface area contributed by atoms with Gasteiger partial charge in [-0.2, -0.15) is 0 Å². The van der Waals surface area contributed by atoms with Gasteiger partial charge in [0.15, 0.2) is 6.23 Å². The van der Waals surface area contributed by atoms with Gasteiger partial charge >= 0.3 is 0 Å². The van der Waals surface area contributed by atoms with Crippen LogP contribution < -0.4 is 5.32 Å². The maximum atomic E-state index is 11.2. The molecule has 1 unspecified atom stereocenters. The number of amides is 1. The van der Waals surface area contributed by atoms with Crippen molar-refractivity contribution in [3.8, 4) is 0 Å². The molecule has 8 heteroatoms. The van der Waals surface area contributed by atoms with E-state index in [-0.39, 0.29) is 0 Å². The summed E-state index contributed by atoms with van der Waals surface area (Å²) >= 11 is 0. The molecule has 0 heterocycles. The van der Waals surface area contributed by atoms with Crippen LogP contribution in [0.1, 0.15) is 6.92 Å². The average Bonchev–Trinajstić information content (AvgIpc) is 2.23. The number of hydrogen-bond acceptors (Lipinski definition) is 7. The summed E-state index contributed by atoms with van der Waals surface area (Å²) in [7, 11) is 0. The molecule has 6 N–H and O–H groups in total. The quantitative estimate of drug-likeness (QED) is 0.258. The van der Waals surface area contributed by atoms with Gasteiger partial charge in [0.2, 0.25) is 11.7 Å². The first-order valence-electron chi connectivity index (χ1n) is 4.45. The van der Waals surface area contributed by atoms with Crippen LogP contribution in [-0.4, -0.2) is 68.4 Å². The second-order valence-electron chi connectivity index (χ2n) is 3.19. The zero-order valence-electron chi connectivity index (χ0n) is 8.57. The van der Waals surface area contributed by atoms with Gasteiger partial charge in [0.1, 0.15) is 18.3 Å². The Morgan fingerprint density at radius 1 is 1.19 bits per heavy atom. The van der Waals surface area contributed by atoms with Crippen molar-refractivity contribution in [3.63, 3.8) is 0 Å². The van der Waals surface area contributed by atoms with Crippen LogP contribution >= 0.6 is 0 Å². The third-order valence-corrected chi connectivity index (χ3v) is 1.81. The number of hydrogen-bond donors (Lipinski definition) is 6. The fourth-order valence-electron chi connectivity index (χ4n) is 0.912. The summed E-state index contributed by atoms with van der Waals surface area (Å²) in [5.41, 5.74) is 0. The molecule has 0 spiro atoms. The van der Waals surface area contributed by atoms with Crippen molar-refractivity contribution in [3.05, 3.63) is 0 Å². The van der Waals surface area contributed by atoms with Crippen LogP contribution in [0.3, 0.4) is 0 Å². The van der Waals surface area contributed by atoms with E-state index in [1.165, 1.54) is 0 Å². The molecule has 0 radical (unpaired) electrons. The average molecular weight is 237 g/mol. The number of rotatable bonds is 6. The zero-order chi connectivity index (χ0) is 12.9. The molecule has 0 rings (SSSR count). The van der Waals surface area contributed by atoms with Crippen molar-refractivity contribution in [2.45, 2.75) is 31.5 Å². The van der Waals surface area contributed by atoms with Gasteiger partial charge in [0, 0.05) is 6.92 Å². The van der Waals surface area contributed by atoms with Crippen molar-refractivity contribution >= 4 is 11.7 Å². The molecule has 0 saturated heterocycles. The SMILES string of the molecule is CC(=O)NC(O)C(=O)[C@@H](O)[C@H](O)[C@H](O)CO. The summed E-state index contributed by atoms with van der Waals surface area (Å²) in [6.07, 6.45) is -7.75. The molecule has 0 aliphatic heterocycles. The largest absolute Gasteiger partial charge is 0.394 e. The van der Waals surface area contributed by atoms with Crippen LogP contribution in [-0.2, 0) is 9.59 Å². The number of aliphatic hydroxyl groups excluding tert-OH is 5. The van der Waals surface area contributed by atoms with Crippen molar-refractivity contribution < 1.29 is 35.1 Å². The van der Waals surface area contributed by atoms with Gasteiger partial charge in [0.25, 0.3) is 0 Å². The minimum atomic E-state index is -2.11. The van der Waals surface area contributed by atoms with E-state index in [9.17, 15) is 14.7 Å². The molecule has 0 saturated carbocycles. The summed E-state index contributed by atoms with van der Waals surface area (Å²) in [6, 6.07) is 0. The molecule has 8 nitrogen and oxygen atoms in total. The first-order valence-corrected chi connectivity index (χ1v) is 4.45. The Hall–Kier alpha value is -1.06. The van der Waals surface area contributed by atoms with Crippen LogP contribution in [0.5, 0.6) is 0 Å². The Balaban J connectivity index is 4.42. The molecule has 0 aliphatic rings. The lowest BCUT2D eigenvalue weighted by molar-refractivity contribution is -0.151. The Kier molecular flexibility index (Phi) is 6.08. The lowest BCUT2D eigenvalue weighted by Crippen LogP contribution is -2.51. The highest BCUT2D eigenvalue weighted by Crippen LogP contribution is 2.03. The molecule has 16 heavy (non-hydrogen) atoms. The number of aliphatic hydroxyl groups is 5. The predicted molar refractivity (Wildman–Crippen MR) is 49.9 cm³/mol. The standard InChI is InChI=1S/C8H15NO7/c1-3(11)9-8(16)7(15)6(14)5(13)4(12)2-10/h4-6,8,10,12-14,16H,2H2,1H3,(H,9,11)/t4-,5-,6+,8?/m1/s1. The molecule has 0 aromatic heterocycles. The van der Waals surface area contributed by atoms with Gasteiger partial charge in [-0.15, -0.1) is 0 Å².